The van der Waals surface area contributed by atoms with Crippen LogP contribution in [-0.2, 0) is 5.75 Å². The first kappa shape index (κ1) is 16.5. The van der Waals surface area contributed by atoms with Gasteiger partial charge >= 0.3 is 0 Å². The molecule has 0 unspecified atom stereocenters. The molecule has 0 atom stereocenters. The smallest absolute Gasteiger partial charge is 0.231 e. The summed E-state index contributed by atoms with van der Waals surface area (Å²) in [5.41, 5.74) is 4.15. The van der Waals surface area contributed by atoms with E-state index in [9.17, 15) is 0 Å². The second-order valence-electron chi connectivity index (χ2n) is 6.14. The van der Waals surface area contributed by atoms with E-state index in [-0.39, 0.29) is 6.79 Å². The van der Waals surface area contributed by atoms with Crippen molar-refractivity contribution in [3.8, 4) is 17.2 Å². The zero-order chi connectivity index (χ0) is 18.2. The number of aromatic nitrogens is 2. The van der Waals surface area contributed by atoms with E-state index >= 15 is 0 Å². The molecule has 2 heterocycles. The van der Waals surface area contributed by atoms with Gasteiger partial charge in [0.1, 0.15) is 0 Å². The molecule has 0 aliphatic carbocycles. The van der Waals surface area contributed by atoms with E-state index in [1.54, 1.807) is 11.8 Å². The molecule has 1 aliphatic heterocycles. The highest BCUT2D eigenvalue weighted by Gasteiger charge is 2.18. The molecular formula is C21H15ClN2O2S. The molecule has 0 N–H and O–H groups in total. The standard InChI is InChI=1S/C21H15ClN2O2S/c22-16-11-20-19(25-13-26-20)10-14(16)12-27-21-23-17-8-4-5-9-18(17)24(21)15-6-2-1-3-7-15/h1-11H,12-13H2. The van der Waals surface area contributed by atoms with E-state index in [1.807, 2.05) is 48.5 Å². The van der Waals surface area contributed by atoms with Crippen LogP contribution >= 0.6 is 23.4 Å². The zero-order valence-corrected chi connectivity index (χ0v) is 15.8. The fourth-order valence-corrected chi connectivity index (χ4v) is 4.46. The first-order valence-electron chi connectivity index (χ1n) is 8.53. The van der Waals surface area contributed by atoms with Crippen LogP contribution in [0.4, 0.5) is 0 Å². The van der Waals surface area contributed by atoms with Crippen LogP contribution in [0.15, 0.2) is 71.9 Å². The highest BCUT2D eigenvalue weighted by Crippen LogP contribution is 2.39. The summed E-state index contributed by atoms with van der Waals surface area (Å²) in [6, 6.07) is 22.2. The van der Waals surface area contributed by atoms with E-state index in [0.717, 1.165) is 33.2 Å². The third-order valence-corrected chi connectivity index (χ3v) is 5.78. The molecule has 1 aliphatic rings. The Morgan fingerprint density at radius 2 is 1.70 bits per heavy atom. The maximum atomic E-state index is 6.43. The molecule has 4 nitrogen and oxygen atoms in total. The molecule has 0 saturated carbocycles. The summed E-state index contributed by atoms with van der Waals surface area (Å²) < 4.78 is 13.0. The summed E-state index contributed by atoms with van der Waals surface area (Å²) in [5.74, 6) is 2.13. The van der Waals surface area contributed by atoms with Gasteiger partial charge in [0, 0.05) is 22.5 Å². The molecule has 0 bridgehead atoms. The third kappa shape index (κ3) is 3.03. The first-order chi connectivity index (χ1) is 13.3. The molecule has 0 amide bonds. The lowest BCUT2D eigenvalue weighted by molar-refractivity contribution is 0.174. The Bertz CT molecular complexity index is 1130. The molecule has 6 heteroatoms. The molecule has 0 saturated heterocycles. The van der Waals surface area contributed by atoms with Crippen LogP contribution in [0.2, 0.25) is 5.02 Å². The van der Waals surface area contributed by atoms with Gasteiger partial charge in [0.15, 0.2) is 16.7 Å². The van der Waals surface area contributed by atoms with Gasteiger partial charge in [-0.2, -0.15) is 0 Å². The van der Waals surface area contributed by atoms with E-state index in [0.29, 0.717) is 16.5 Å². The Labute approximate surface area is 165 Å². The van der Waals surface area contributed by atoms with Gasteiger partial charge in [-0.25, -0.2) is 4.98 Å². The number of fused-ring (bicyclic) bond motifs is 2. The minimum absolute atomic E-state index is 0.242. The predicted octanol–water partition coefficient (Wildman–Crippen LogP) is 5.70. The maximum absolute atomic E-state index is 6.43. The molecule has 1 aromatic heterocycles. The average molecular weight is 395 g/mol. The number of nitrogens with zero attached hydrogens (tertiary/aromatic N) is 2. The van der Waals surface area contributed by atoms with Gasteiger partial charge in [-0.15, -0.1) is 0 Å². The van der Waals surface area contributed by atoms with Crippen LogP contribution in [0, 0.1) is 0 Å². The van der Waals surface area contributed by atoms with Gasteiger partial charge in [0.05, 0.1) is 11.0 Å². The Morgan fingerprint density at radius 1 is 0.963 bits per heavy atom. The lowest BCUT2D eigenvalue weighted by Gasteiger charge is -2.10. The summed E-state index contributed by atoms with van der Waals surface area (Å²) in [7, 11) is 0. The Kier molecular flexibility index (Phi) is 4.19. The van der Waals surface area contributed by atoms with E-state index in [2.05, 4.69) is 22.8 Å². The van der Waals surface area contributed by atoms with Crippen molar-refractivity contribution in [3.05, 3.63) is 77.3 Å². The van der Waals surface area contributed by atoms with Crippen molar-refractivity contribution >= 4 is 34.4 Å². The fraction of sp³-hybridized carbons (Fsp3) is 0.0952. The normalized spacial score (nSPS) is 12.6. The molecule has 3 aromatic carbocycles. The van der Waals surface area contributed by atoms with Gasteiger partial charge in [0.25, 0.3) is 0 Å². The number of para-hydroxylation sites is 3. The molecule has 0 fully saturated rings. The van der Waals surface area contributed by atoms with Crippen LogP contribution in [-0.4, -0.2) is 16.3 Å². The molecule has 4 aromatic rings. The quantitative estimate of drug-likeness (QED) is 0.416. The Hall–Kier alpha value is -2.63. The topological polar surface area (TPSA) is 36.3 Å². The lowest BCUT2D eigenvalue weighted by atomic mass is 10.2. The maximum Gasteiger partial charge on any atom is 0.231 e. The number of benzene rings is 3. The molecule has 27 heavy (non-hydrogen) atoms. The number of ether oxygens (including phenoxy) is 2. The van der Waals surface area contributed by atoms with Crippen LogP contribution in [0.3, 0.4) is 0 Å². The van der Waals surface area contributed by atoms with Gasteiger partial charge < -0.3 is 9.47 Å². The molecular weight excluding hydrogens is 380 g/mol. The van der Waals surface area contributed by atoms with Crippen molar-refractivity contribution in [1.29, 1.82) is 0 Å². The van der Waals surface area contributed by atoms with Crippen LogP contribution in [0.5, 0.6) is 11.5 Å². The summed E-state index contributed by atoms with van der Waals surface area (Å²) in [6.45, 7) is 0.242. The van der Waals surface area contributed by atoms with Gasteiger partial charge in [-0.05, 0) is 35.9 Å². The van der Waals surface area contributed by atoms with Gasteiger partial charge in [-0.1, -0.05) is 53.7 Å². The van der Waals surface area contributed by atoms with E-state index < -0.39 is 0 Å². The molecule has 134 valence electrons. The number of rotatable bonds is 4. The van der Waals surface area contributed by atoms with Crippen LogP contribution < -0.4 is 9.47 Å². The first-order valence-corrected chi connectivity index (χ1v) is 9.90. The minimum Gasteiger partial charge on any atom is -0.454 e. The van der Waals surface area contributed by atoms with Crippen molar-refractivity contribution in [2.24, 2.45) is 0 Å². The zero-order valence-electron chi connectivity index (χ0n) is 14.3. The van der Waals surface area contributed by atoms with Crippen LogP contribution in [0.25, 0.3) is 16.7 Å². The number of hydrogen-bond donors (Lipinski definition) is 0. The highest BCUT2D eigenvalue weighted by atomic mass is 35.5. The molecule has 5 rings (SSSR count). The largest absolute Gasteiger partial charge is 0.454 e. The van der Waals surface area contributed by atoms with E-state index in [4.69, 9.17) is 26.1 Å². The Morgan fingerprint density at radius 3 is 2.56 bits per heavy atom. The van der Waals surface area contributed by atoms with Gasteiger partial charge in [0.2, 0.25) is 6.79 Å². The monoisotopic (exact) mass is 394 g/mol. The van der Waals surface area contributed by atoms with Crippen molar-refractivity contribution < 1.29 is 9.47 Å². The van der Waals surface area contributed by atoms with Crippen molar-refractivity contribution in [2.75, 3.05) is 6.79 Å². The second-order valence-corrected chi connectivity index (χ2v) is 7.49. The van der Waals surface area contributed by atoms with Gasteiger partial charge in [-0.3, -0.25) is 4.57 Å². The minimum atomic E-state index is 0.242. The number of imidazole rings is 1. The summed E-state index contributed by atoms with van der Waals surface area (Å²) in [6.07, 6.45) is 0. The van der Waals surface area contributed by atoms with Crippen LogP contribution in [0.1, 0.15) is 5.56 Å². The fourth-order valence-electron chi connectivity index (χ4n) is 3.14. The summed E-state index contributed by atoms with van der Waals surface area (Å²) in [5, 5.41) is 1.60. The lowest BCUT2D eigenvalue weighted by Crippen LogP contribution is -1.96. The third-order valence-electron chi connectivity index (χ3n) is 4.44. The Balaban J connectivity index is 1.53. The number of halogens is 1. The predicted molar refractivity (Wildman–Crippen MR) is 108 cm³/mol. The van der Waals surface area contributed by atoms with E-state index in [1.165, 1.54) is 0 Å². The highest BCUT2D eigenvalue weighted by molar-refractivity contribution is 7.98. The molecule has 0 spiro atoms. The average Bonchev–Trinajstić information content (AvgIpc) is 3.30. The van der Waals surface area contributed by atoms with Crippen molar-refractivity contribution in [2.45, 2.75) is 10.9 Å². The number of hydrogen-bond acceptors (Lipinski definition) is 4. The van der Waals surface area contributed by atoms with Crippen molar-refractivity contribution in [3.63, 3.8) is 0 Å². The number of thioether (sulfide) groups is 1. The van der Waals surface area contributed by atoms with Crippen molar-refractivity contribution in [1.82, 2.24) is 9.55 Å². The SMILES string of the molecule is Clc1cc2c(cc1CSc1nc3ccccc3n1-c1ccccc1)OCO2. The second kappa shape index (κ2) is 6.83. The summed E-state index contributed by atoms with van der Waals surface area (Å²) >= 11 is 8.08. The molecule has 0 radical (unpaired) electrons. The summed E-state index contributed by atoms with van der Waals surface area (Å²) in [4.78, 5) is 4.83.